The molecule has 0 radical (unpaired) electrons. The van der Waals surface area contributed by atoms with E-state index >= 15 is 0 Å². The third kappa shape index (κ3) is 4.39. The Labute approximate surface area is 167 Å². The number of nitrogens with one attached hydrogen (secondary N) is 1. The van der Waals surface area contributed by atoms with Crippen LogP contribution in [0, 0.1) is 0 Å². The average molecular weight is 386 g/mol. The highest BCUT2D eigenvalue weighted by molar-refractivity contribution is 5.85. The minimum absolute atomic E-state index is 0.0219. The second-order valence-electron chi connectivity index (χ2n) is 8.15. The minimum atomic E-state index is -0.350. The highest BCUT2D eigenvalue weighted by Crippen LogP contribution is 2.32. The van der Waals surface area contributed by atoms with Gasteiger partial charge in [-0.1, -0.05) is 24.3 Å². The number of nitrogens with zero attached hydrogens (tertiary/aromatic N) is 2. The Balaban J connectivity index is 1.46. The summed E-state index contributed by atoms with van der Waals surface area (Å²) >= 11 is 0. The number of benzene rings is 1. The molecule has 3 heterocycles. The van der Waals surface area contributed by atoms with Gasteiger partial charge in [0.1, 0.15) is 6.04 Å². The number of piperidine rings is 1. The van der Waals surface area contributed by atoms with Gasteiger partial charge in [-0.05, 0) is 49.7 Å². The lowest BCUT2D eigenvalue weighted by atomic mass is 9.91. The maximum atomic E-state index is 13.4. The fraction of sp³-hybridized carbons (Fsp3) is 0.636. The van der Waals surface area contributed by atoms with Crippen molar-refractivity contribution in [2.75, 3.05) is 39.3 Å². The van der Waals surface area contributed by atoms with Gasteiger partial charge in [0.15, 0.2) is 0 Å². The number of amides is 2. The number of carbonyl (C=O) groups is 2. The van der Waals surface area contributed by atoms with Gasteiger partial charge in [-0.2, -0.15) is 0 Å². The van der Waals surface area contributed by atoms with E-state index in [4.69, 9.17) is 4.74 Å². The minimum Gasteiger partial charge on any atom is -0.376 e. The van der Waals surface area contributed by atoms with Gasteiger partial charge < -0.3 is 15.0 Å². The van der Waals surface area contributed by atoms with Gasteiger partial charge in [0.05, 0.1) is 12.6 Å². The van der Waals surface area contributed by atoms with E-state index < -0.39 is 0 Å². The van der Waals surface area contributed by atoms with E-state index in [9.17, 15) is 9.59 Å². The lowest BCUT2D eigenvalue weighted by molar-refractivity contribution is -0.139. The van der Waals surface area contributed by atoms with E-state index in [1.54, 1.807) is 0 Å². The first-order valence-electron chi connectivity index (χ1n) is 10.7. The second kappa shape index (κ2) is 9.05. The number of rotatable bonds is 5. The Hall–Kier alpha value is -1.92. The van der Waals surface area contributed by atoms with Crippen LogP contribution in [0.1, 0.15) is 49.3 Å². The lowest BCUT2D eigenvalue weighted by Crippen LogP contribution is -2.50. The predicted octanol–water partition coefficient (Wildman–Crippen LogP) is 1.89. The molecule has 3 aliphatic rings. The largest absolute Gasteiger partial charge is 0.376 e. The van der Waals surface area contributed by atoms with Gasteiger partial charge in [0, 0.05) is 32.8 Å². The molecule has 1 N–H and O–H groups in total. The number of ether oxygens (including phenoxy) is 1. The van der Waals surface area contributed by atoms with Crippen molar-refractivity contribution in [2.24, 2.45) is 0 Å². The first-order valence-corrected chi connectivity index (χ1v) is 10.7. The Bertz CT molecular complexity index is 696. The number of fused-ring (bicyclic) bond motifs is 1. The monoisotopic (exact) mass is 385 g/mol. The summed E-state index contributed by atoms with van der Waals surface area (Å²) < 4.78 is 5.59. The number of hydrogen-bond acceptors (Lipinski definition) is 4. The van der Waals surface area contributed by atoms with Gasteiger partial charge in [-0.15, -0.1) is 0 Å². The van der Waals surface area contributed by atoms with Crippen LogP contribution in [0.25, 0.3) is 0 Å². The summed E-state index contributed by atoms with van der Waals surface area (Å²) in [5.74, 6) is 0.130. The van der Waals surface area contributed by atoms with Crippen LogP contribution in [0.5, 0.6) is 0 Å². The molecule has 0 unspecified atom stereocenters. The summed E-state index contributed by atoms with van der Waals surface area (Å²) in [4.78, 5) is 30.1. The molecule has 28 heavy (non-hydrogen) atoms. The molecule has 3 aliphatic heterocycles. The van der Waals surface area contributed by atoms with E-state index in [-0.39, 0.29) is 30.5 Å². The number of likely N-dealkylation sites (tertiary alicyclic amines) is 1. The summed E-state index contributed by atoms with van der Waals surface area (Å²) in [7, 11) is 0. The van der Waals surface area contributed by atoms with Crippen molar-refractivity contribution < 1.29 is 14.3 Å². The molecule has 0 bridgehead atoms. The standard InChI is InChI=1S/C22H31N3O3/c26-20(23-15-18-8-6-14-28-18)16-25-13-10-17-7-2-3-9-19(17)21(25)22(27)24-11-4-1-5-12-24/h2-3,7,9,18,21H,1,4-6,8,10-16H2,(H,23,26)/t18-,21-/m1/s1. The van der Waals surface area contributed by atoms with E-state index in [1.165, 1.54) is 12.0 Å². The topological polar surface area (TPSA) is 61.9 Å². The van der Waals surface area contributed by atoms with Gasteiger partial charge >= 0.3 is 0 Å². The van der Waals surface area contributed by atoms with Crippen molar-refractivity contribution >= 4 is 11.8 Å². The summed E-state index contributed by atoms with van der Waals surface area (Å²) in [6.45, 7) is 4.00. The fourth-order valence-corrected chi connectivity index (χ4v) is 4.64. The average Bonchev–Trinajstić information content (AvgIpc) is 3.26. The van der Waals surface area contributed by atoms with Crippen LogP contribution >= 0.6 is 0 Å². The van der Waals surface area contributed by atoms with Crippen LogP contribution in [0.3, 0.4) is 0 Å². The van der Waals surface area contributed by atoms with Gasteiger partial charge in [-0.3, -0.25) is 14.5 Å². The maximum Gasteiger partial charge on any atom is 0.244 e. The zero-order chi connectivity index (χ0) is 19.3. The molecule has 2 fully saturated rings. The van der Waals surface area contributed by atoms with E-state index in [1.807, 2.05) is 17.0 Å². The summed E-state index contributed by atoms with van der Waals surface area (Å²) in [6, 6.07) is 7.84. The molecule has 2 saturated heterocycles. The molecule has 1 aromatic rings. The molecule has 1 aromatic carbocycles. The molecule has 6 heteroatoms. The predicted molar refractivity (Wildman–Crippen MR) is 107 cm³/mol. The quantitative estimate of drug-likeness (QED) is 0.841. The zero-order valence-electron chi connectivity index (χ0n) is 16.6. The summed E-state index contributed by atoms with van der Waals surface area (Å²) in [6.07, 6.45) is 6.42. The highest BCUT2D eigenvalue weighted by atomic mass is 16.5. The second-order valence-corrected chi connectivity index (χ2v) is 8.15. The van der Waals surface area contributed by atoms with E-state index in [2.05, 4.69) is 22.3 Å². The van der Waals surface area contributed by atoms with Crippen molar-refractivity contribution in [3.05, 3.63) is 35.4 Å². The third-order valence-electron chi connectivity index (χ3n) is 6.18. The lowest BCUT2D eigenvalue weighted by Gasteiger charge is -2.39. The first-order chi connectivity index (χ1) is 13.7. The molecule has 152 valence electrons. The molecule has 0 spiro atoms. The number of carbonyl (C=O) groups excluding carboxylic acids is 2. The molecular weight excluding hydrogens is 354 g/mol. The van der Waals surface area contributed by atoms with Gasteiger partial charge in [-0.25, -0.2) is 0 Å². The molecular formula is C22H31N3O3. The fourth-order valence-electron chi connectivity index (χ4n) is 4.64. The van der Waals surface area contributed by atoms with Gasteiger partial charge in [0.2, 0.25) is 11.8 Å². The summed E-state index contributed by atoms with van der Waals surface area (Å²) in [5.41, 5.74) is 2.30. The Morgan fingerprint density at radius 2 is 1.89 bits per heavy atom. The smallest absolute Gasteiger partial charge is 0.244 e. The first kappa shape index (κ1) is 19.4. The Kier molecular flexibility index (Phi) is 6.27. The highest BCUT2D eigenvalue weighted by Gasteiger charge is 2.36. The van der Waals surface area contributed by atoms with E-state index in [0.717, 1.165) is 63.9 Å². The molecule has 0 saturated carbocycles. The van der Waals surface area contributed by atoms with Crippen molar-refractivity contribution in [1.82, 2.24) is 15.1 Å². The molecule has 2 amide bonds. The van der Waals surface area contributed by atoms with Crippen molar-refractivity contribution in [1.29, 1.82) is 0 Å². The molecule has 0 aromatic heterocycles. The van der Waals surface area contributed by atoms with Crippen molar-refractivity contribution in [3.8, 4) is 0 Å². The van der Waals surface area contributed by atoms with Crippen LogP contribution in [0.2, 0.25) is 0 Å². The number of hydrogen-bond donors (Lipinski definition) is 1. The van der Waals surface area contributed by atoms with Crippen molar-refractivity contribution in [2.45, 2.75) is 50.7 Å². The van der Waals surface area contributed by atoms with Gasteiger partial charge in [0.25, 0.3) is 0 Å². The Morgan fingerprint density at radius 3 is 2.68 bits per heavy atom. The SMILES string of the molecule is O=C(CN1CCc2ccccc2[C@@H]1C(=O)N1CCCCC1)NC[C@H]1CCCO1. The van der Waals surface area contributed by atoms with E-state index in [0.29, 0.717) is 6.54 Å². The summed E-state index contributed by atoms with van der Waals surface area (Å²) in [5, 5.41) is 3.00. The van der Waals surface area contributed by atoms with Crippen LogP contribution in [-0.4, -0.2) is 67.0 Å². The Morgan fingerprint density at radius 1 is 1.07 bits per heavy atom. The van der Waals surface area contributed by atoms with Crippen LogP contribution in [0.15, 0.2) is 24.3 Å². The normalized spacial score (nSPS) is 25.4. The van der Waals surface area contributed by atoms with Crippen molar-refractivity contribution in [3.63, 3.8) is 0 Å². The van der Waals surface area contributed by atoms with Crippen LogP contribution < -0.4 is 5.32 Å². The molecule has 0 aliphatic carbocycles. The molecule has 4 rings (SSSR count). The van der Waals surface area contributed by atoms with Crippen LogP contribution in [-0.2, 0) is 20.7 Å². The third-order valence-corrected chi connectivity index (χ3v) is 6.18. The van der Waals surface area contributed by atoms with Crippen LogP contribution in [0.4, 0.5) is 0 Å². The zero-order valence-corrected chi connectivity index (χ0v) is 16.6. The maximum absolute atomic E-state index is 13.4. The molecule has 6 nitrogen and oxygen atoms in total. The molecule has 2 atom stereocenters.